The van der Waals surface area contributed by atoms with E-state index in [2.05, 4.69) is 9.97 Å². The second-order valence-electron chi connectivity index (χ2n) is 4.04. The number of anilines is 1. The highest BCUT2D eigenvalue weighted by atomic mass is 16.4. The largest absolute Gasteiger partial charge is 0.478 e. The Kier molecular flexibility index (Phi) is 2.42. The maximum atomic E-state index is 11.0. The molecule has 3 aromatic rings. The zero-order valence-electron chi connectivity index (χ0n) is 9.82. The maximum absolute atomic E-state index is 11.0. The molecule has 0 aliphatic carbocycles. The number of benzene rings is 1. The number of rotatable bonds is 2. The smallest absolute Gasteiger partial charge is 0.335 e. The first-order valence-electron chi connectivity index (χ1n) is 5.58. The Morgan fingerprint density at radius 3 is 2.79 bits per heavy atom. The second kappa shape index (κ2) is 4.09. The van der Waals surface area contributed by atoms with E-state index in [9.17, 15) is 4.79 Å². The van der Waals surface area contributed by atoms with E-state index >= 15 is 0 Å². The molecule has 0 unspecified atom stereocenters. The highest BCUT2D eigenvalue weighted by Gasteiger charge is 2.13. The van der Waals surface area contributed by atoms with Crippen molar-refractivity contribution in [1.82, 2.24) is 14.5 Å². The summed E-state index contributed by atoms with van der Waals surface area (Å²) >= 11 is 0. The van der Waals surface area contributed by atoms with Crippen LogP contribution in [0.25, 0.3) is 16.9 Å². The molecule has 2 heterocycles. The van der Waals surface area contributed by atoms with Crippen molar-refractivity contribution >= 4 is 22.7 Å². The summed E-state index contributed by atoms with van der Waals surface area (Å²) in [5.41, 5.74) is 7.59. The minimum Gasteiger partial charge on any atom is -0.478 e. The molecule has 0 aliphatic rings. The molecule has 0 fully saturated rings. The highest BCUT2D eigenvalue weighted by molar-refractivity contribution is 5.98. The molecule has 3 N–H and O–H groups in total. The molecule has 0 saturated heterocycles. The van der Waals surface area contributed by atoms with Gasteiger partial charge in [0.25, 0.3) is 0 Å². The summed E-state index contributed by atoms with van der Waals surface area (Å²) < 4.78 is 1.73. The van der Waals surface area contributed by atoms with E-state index in [1.807, 2.05) is 18.2 Å². The van der Waals surface area contributed by atoms with E-state index in [0.29, 0.717) is 22.5 Å². The molecule has 6 nitrogen and oxygen atoms in total. The first kappa shape index (κ1) is 11.2. The number of nitrogen functional groups attached to an aromatic ring is 1. The summed E-state index contributed by atoms with van der Waals surface area (Å²) in [4.78, 5) is 19.4. The van der Waals surface area contributed by atoms with E-state index in [0.717, 1.165) is 0 Å². The minimum atomic E-state index is -1.03. The molecule has 94 valence electrons. The second-order valence-corrected chi connectivity index (χ2v) is 4.04. The number of pyridine rings is 1. The Morgan fingerprint density at radius 2 is 2.11 bits per heavy atom. The number of imidazole rings is 1. The normalized spacial score (nSPS) is 10.7. The third-order valence-electron chi connectivity index (χ3n) is 2.82. The number of nitrogens with two attached hydrogens (primary N) is 1. The molecule has 0 aliphatic heterocycles. The average Bonchev–Trinajstić information content (AvgIpc) is 2.84. The van der Waals surface area contributed by atoms with Gasteiger partial charge in [0.1, 0.15) is 12.1 Å². The first-order chi connectivity index (χ1) is 9.16. The van der Waals surface area contributed by atoms with Crippen LogP contribution in [0.1, 0.15) is 10.4 Å². The SMILES string of the molecule is Nc1cc(C(=O)O)cc2ncn(-c3ccccn3)c12. The standard InChI is InChI=1S/C13H10N4O2/c14-9-5-8(13(18)19)6-10-12(9)17(7-16-10)11-3-1-2-4-15-11/h1-7H,14H2,(H,18,19). The van der Waals surface area contributed by atoms with E-state index in [1.54, 1.807) is 17.1 Å². The number of aromatic carboxylic acids is 1. The van der Waals surface area contributed by atoms with E-state index in [1.165, 1.54) is 12.1 Å². The molecule has 19 heavy (non-hydrogen) atoms. The van der Waals surface area contributed by atoms with Gasteiger partial charge in [0, 0.05) is 6.20 Å². The van der Waals surface area contributed by atoms with Crippen LogP contribution in [0, 0.1) is 0 Å². The molecule has 6 heteroatoms. The van der Waals surface area contributed by atoms with Gasteiger partial charge >= 0.3 is 5.97 Å². The Balaban J connectivity index is 2.27. The lowest BCUT2D eigenvalue weighted by Crippen LogP contribution is -2.01. The number of carboxylic acids is 1. The van der Waals surface area contributed by atoms with Crippen molar-refractivity contribution in [3.05, 3.63) is 48.4 Å². The Morgan fingerprint density at radius 1 is 1.26 bits per heavy atom. The Bertz CT molecular complexity index is 765. The van der Waals surface area contributed by atoms with Crippen molar-refractivity contribution in [1.29, 1.82) is 0 Å². The van der Waals surface area contributed by atoms with Gasteiger partial charge in [-0.25, -0.2) is 14.8 Å². The molecule has 3 rings (SSSR count). The zero-order chi connectivity index (χ0) is 13.4. The predicted molar refractivity (Wildman–Crippen MR) is 70.2 cm³/mol. The van der Waals surface area contributed by atoms with Gasteiger partial charge in [0.05, 0.1) is 22.3 Å². The maximum Gasteiger partial charge on any atom is 0.335 e. The third-order valence-corrected chi connectivity index (χ3v) is 2.82. The fraction of sp³-hybridized carbons (Fsp3) is 0. The first-order valence-corrected chi connectivity index (χ1v) is 5.58. The van der Waals surface area contributed by atoms with Gasteiger partial charge < -0.3 is 10.8 Å². The molecule has 0 saturated carbocycles. The Hall–Kier alpha value is -2.89. The summed E-state index contributed by atoms with van der Waals surface area (Å²) in [6.07, 6.45) is 3.25. The summed E-state index contributed by atoms with van der Waals surface area (Å²) in [5.74, 6) is -0.347. The van der Waals surface area contributed by atoms with Crippen molar-refractivity contribution in [2.45, 2.75) is 0 Å². The molecule has 1 aromatic carbocycles. The van der Waals surface area contributed by atoms with Crippen LogP contribution >= 0.6 is 0 Å². The lowest BCUT2D eigenvalue weighted by atomic mass is 10.1. The van der Waals surface area contributed by atoms with Gasteiger partial charge in [-0.1, -0.05) is 6.07 Å². The molecular formula is C13H10N4O2. The van der Waals surface area contributed by atoms with Crippen molar-refractivity contribution in [3.63, 3.8) is 0 Å². The van der Waals surface area contributed by atoms with Gasteiger partial charge in [-0.2, -0.15) is 0 Å². The van der Waals surface area contributed by atoms with Crippen LogP contribution in [0.15, 0.2) is 42.9 Å². The van der Waals surface area contributed by atoms with Crippen LogP contribution in [0.2, 0.25) is 0 Å². The molecule has 2 aromatic heterocycles. The fourth-order valence-electron chi connectivity index (χ4n) is 1.97. The lowest BCUT2D eigenvalue weighted by Gasteiger charge is -2.05. The van der Waals surface area contributed by atoms with Gasteiger partial charge in [-0.15, -0.1) is 0 Å². The number of aromatic nitrogens is 3. The van der Waals surface area contributed by atoms with E-state index in [-0.39, 0.29) is 5.56 Å². The van der Waals surface area contributed by atoms with Crippen molar-refractivity contribution < 1.29 is 9.90 Å². The van der Waals surface area contributed by atoms with Gasteiger partial charge in [0.2, 0.25) is 0 Å². The number of hydrogen-bond acceptors (Lipinski definition) is 4. The predicted octanol–water partition coefficient (Wildman–Crippen LogP) is 1.70. The Labute approximate surface area is 108 Å². The summed E-state index contributed by atoms with van der Waals surface area (Å²) in [6.45, 7) is 0. The average molecular weight is 254 g/mol. The van der Waals surface area contributed by atoms with Crippen LogP contribution in [0.4, 0.5) is 5.69 Å². The summed E-state index contributed by atoms with van der Waals surface area (Å²) in [6, 6.07) is 8.41. The van der Waals surface area contributed by atoms with Crippen LogP contribution < -0.4 is 5.73 Å². The van der Waals surface area contributed by atoms with Crippen molar-refractivity contribution in [2.24, 2.45) is 0 Å². The van der Waals surface area contributed by atoms with E-state index in [4.69, 9.17) is 10.8 Å². The van der Waals surface area contributed by atoms with Crippen molar-refractivity contribution in [3.8, 4) is 5.82 Å². The number of fused-ring (bicyclic) bond motifs is 1. The van der Waals surface area contributed by atoms with Crippen LogP contribution in [-0.2, 0) is 0 Å². The number of carboxylic acid groups (broad SMARTS) is 1. The topological polar surface area (TPSA) is 94.0 Å². The molecule has 0 radical (unpaired) electrons. The fourth-order valence-corrected chi connectivity index (χ4v) is 1.97. The quantitative estimate of drug-likeness (QED) is 0.679. The number of nitrogens with zero attached hydrogens (tertiary/aromatic N) is 3. The molecule has 0 amide bonds. The third kappa shape index (κ3) is 1.79. The monoisotopic (exact) mass is 254 g/mol. The molecule has 0 atom stereocenters. The number of hydrogen-bond donors (Lipinski definition) is 2. The van der Waals surface area contributed by atoms with Crippen LogP contribution in [-0.4, -0.2) is 25.6 Å². The van der Waals surface area contributed by atoms with Gasteiger partial charge in [-0.05, 0) is 24.3 Å². The lowest BCUT2D eigenvalue weighted by molar-refractivity contribution is 0.0697. The van der Waals surface area contributed by atoms with Crippen LogP contribution in [0.3, 0.4) is 0 Å². The molecular weight excluding hydrogens is 244 g/mol. The summed E-state index contributed by atoms with van der Waals surface area (Å²) in [7, 11) is 0. The molecule has 0 bridgehead atoms. The molecule has 0 spiro atoms. The van der Waals surface area contributed by atoms with Crippen LogP contribution in [0.5, 0.6) is 0 Å². The number of carbonyl (C=O) groups is 1. The van der Waals surface area contributed by atoms with Gasteiger partial charge in [-0.3, -0.25) is 4.57 Å². The van der Waals surface area contributed by atoms with E-state index < -0.39 is 5.97 Å². The minimum absolute atomic E-state index is 0.122. The van der Waals surface area contributed by atoms with Gasteiger partial charge in [0.15, 0.2) is 0 Å². The van der Waals surface area contributed by atoms with Crippen molar-refractivity contribution in [2.75, 3.05) is 5.73 Å². The highest BCUT2D eigenvalue weighted by Crippen LogP contribution is 2.24. The zero-order valence-corrected chi connectivity index (χ0v) is 9.82. The summed E-state index contributed by atoms with van der Waals surface area (Å²) in [5, 5.41) is 8.99.